The maximum Gasteiger partial charge on any atom is 0.277 e. The second-order valence-electron chi connectivity index (χ2n) is 9.02. The number of aliphatic hydroxyl groups excluding tert-OH is 1. The SMILES string of the molecule is O=c1[nH]ncc2nc(-c3ccccc3)nc(Nc3ccc(N4CCC5(CC4)CC(O)N5)cc3)c12. The van der Waals surface area contributed by atoms with E-state index in [1.807, 2.05) is 42.5 Å². The summed E-state index contributed by atoms with van der Waals surface area (Å²) in [4.78, 5) is 24.1. The highest BCUT2D eigenvalue weighted by atomic mass is 16.3. The summed E-state index contributed by atoms with van der Waals surface area (Å²) in [6.07, 6.45) is 4.08. The Bertz CT molecular complexity index is 1370. The van der Waals surface area contributed by atoms with E-state index in [0.717, 1.165) is 49.3 Å². The van der Waals surface area contributed by atoms with Gasteiger partial charge in [-0.2, -0.15) is 5.10 Å². The highest BCUT2D eigenvalue weighted by molar-refractivity contribution is 5.91. The summed E-state index contributed by atoms with van der Waals surface area (Å²) < 4.78 is 0. The van der Waals surface area contributed by atoms with Crippen LogP contribution in [-0.4, -0.2) is 50.1 Å². The van der Waals surface area contributed by atoms with E-state index >= 15 is 0 Å². The molecule has 0 saturated carbocycles. The monoisotopic (exact) mass is 455 g/mol. The van der Waals surface area contributed by atoms with Gasteiger partial charge >= 0.3 is 0 Å². The minimum Gasteiger partial charge on any atom is -0.379 e. The number of hydrogen-bond acceptors (Lipinski definition) is 8. The van der Waals surface area contributed by atoms with Crippen molar-refractivity contribution in [2.24, 2.45) is 0 Å². The fraction of sp³-hybridized carbons (Fsp3) is 0.280. The number of fused-ring (bicyclic) bond motifs is 1. The van der Waals surface area contributed by atoms with Gasteiger partial charge in [-0.05, 0) is 37.1 Å². The molecule has 1 unspecified atom stereocenters. The summed E-state index contributed by atoms with van der Waals surface area (Å²) in [5.74, 6) is 0.964. The van der Waals surface area contributed by atoms with Crippen LogP contribution < -0.4 is 21.1 Å². The smallest absolute Gasteiger partial charge is 0.277 e. The van der Waals surface area contributed by atoms with Crippen LogP contribution in [0.4, 0.5) is 17.2 Å². The fourth-order valence-corrected chi connectivity index (χ4v) is 4.95. The average Bonchev–Trinajstić information content (AvgIpc) is 2.85. The molecule has 4 aromatic rings. The first-order valence-corrected chi connectivity index (χ1v) is 11.5. The van der Waals surface area contributed by atoms with Crippen molar-refractivity contribution in [3.05, 3.63) is 71.1 Å². The first kappa shape index (κ1) is 20.8. The van der Waals surface area contributed by atoms with Crippen LogP contribution in [0.5, 0.6) is 0 Å². The molecule has 0 radical (unpaired) electrons. The molecule has 2 aliphatic heterocycles. The molecule has 2 fully saturated rings. The molecule has 1 atom stereocenters. The lowest BCUT2D eigenvalue weighted by Gasteiger charge is -2.51. The van der Waals surface area contributed by atoms with Crippen molar-refractivity contribution in [1.29, 1.82) is 0 Å². The molecule has 0 bridgehead atoms. The van der Waals surface area contributed by atoms with Crippen molar-refractivity contribution in [1.82, 2.24) is 25.5 Å². The maximum atomic E-state index is 12.5. The second-order valence-corrected chi connectivity index (χ2v) is 9.02. The number of H-pyrrole nitrogens is 1. The molecule has 6 rings (SSSR count). The third-order valence-corrected chi connectivity index (χ3v) is 6.82. The number of aromatic nitrogens is 4. The van der Waals surface area contributed by atoms with Gasteiger partial charge in [-0.15, -0.1) is 0 Å². The first-order chi connectivity index (χ1) is 16.6. The van der Waals surface area contributed by atoms with E-state index in [4.69, 9.17) is 0 Å². The maximum absolute atomic E-state index is 12.5. The van der Waals surface area contributed by atoms with Gasteiger partial charge in [0.25, 0.3) is 5.56 Å². The van der Waals surface area contributed by atoms with Crippen molar-refractivity contribution >= 4 is 28.1 Å². The summed E-state index contributed by atoms with van der Waals surface area (Å²) >= 11 is 0. The Morgan fingerprint density at radius 1 is 1.03 bits per heavy atom. The Morgan fingerprint density at radius 3 is 2.47 bits per heavy atom. The molecule has 0 amide bonds. The van der Waals surface area contributed by atoms with Crippen LogP contribution in [-0.2, 0) is 0 Å². The molecular weight excluding hydrogens is 430 g/mol. The van der Waals surface area contributed by atoms with Gasteiger partial charge in [0.05, 0.1) is 6.20 Å². The van der Waals surface area contributed by atoms with Crippen LogP contribution in [0.25, 0.3) is 22.3 Å². The summed E-state index contributed by atoms with van der Waals surface area (Å²) in [5, 5.41) is 22.9. The summed E-state index contributed by atoms with van der Waals surface area (Å²) in [6.45, 7) is 1.90. The molecule has 9 nitrogen and oxygen atoms in total. The lowest BCUT2D eigenvalue weighted by Crippen LogP contribution is -2.67. The van der Waals surface area contributed by atoms with Gasteiger partial charge in [0.2, 0.25) is 0 Å². The van der Waals surface area contributed by atoms with Crippen LogP contribution in [0.3, 0.4) is 0 Å². The number of benzene rings is 2. The van der Waals surface area contributed by atoms with Gasteiger partial charge in [-0.25, -0.2) is 15.1 Å². The van der Waals surface area contributed by atoms with E-state index in [0.29, 0.717) is 22.5 Å². The topological polar surface area (TPSA) is 119 Å². The van der Waals surface area contributed by atoms with E-state index in [9.17, 15) is 9.90 Å². The predicted molar refractivity (Wildman–Crippen MR) is 131 cm³/mol. The van der Waals surface area contributed by atoms with Gasteiger partial charge in [0, 0.05) is 42.0 Å². The largest absolute Gasteiger partial charge is 0.379 e. The summed E-state index contributed by atoms with van der Waals surface area (Å²) in [6, 6.07) is 17.8. The Hall–Kier alpha value is -3.82. The second kappa shape index (κ2) is 8.19. The number of anilines is 3. The molecule has 34 heavy (non-hydrogen) atoms. The molecule has 2 saturated heterocycles. The van der Waals surface area contributed by atoms with Crippen molar-refractivity contribution < 1.29 is 5.11 Å². The van der Waals surface area contributed by atoms with Crippen LogP contribution >= 0.6 is 0 Å². The molecule has 172 valence electrons. The number of nitrogens with one attached hydrogen (secondary N) is 3. The quantitative estimate of drug-likeness (QED) is 0.371. The standard InChI is InChI=1S/C25H25N7O2/c33-20-14-25(30-20)10-12-32(13-11-25)18-8-6-17(7-9-18)27-23-21-19(15-26-31-24(21)34)28-22(29-23)16-4-2-1-3-5-16/h1-9,15,20,30,33H,10-14H2,(H,31,34)(H,27,28,29). The minimum absolute atomic E-state index is 0.115. The number of aliphatic hydroxyl groups is 1. The third-order valence-electron chi connectivity index (χ3n) is 6.82. The van der Waals surface area contributed by atoms with E-state index in [2.05, 4.69) is 47.8 Å². The lowest BCUT2D eigenvalue weighted by atomic mass is 9.78. The minimum atomic E-state index is -0.347. The van der Waals surface area contributed by atoms with E-state index in [1.165, 1.54) is 6.20 Å². The van der Waals surface area contributed by atoms with Crippen LogP contribution in [0.15, 0.2) is 65.6 Å². The molecule has 2 aromatic carbocycles. The van der Waals surface area contributed by atoms with Gasteiger partial charge in [0.1, 0.15) is 22.9 Å². The normalized spacial score (nSPS) is 19.2. The molecule has 0 aliphatic carbocycles. The lowest BCUT2D eigenvalue weighted by molar-refractivity contribution is -0.0352. The molecule has 2 aliphatic rings. The van der Waals surface area contributed by atoms with Gasteiger partial charge in [-0.1, -0.05) is 30.3 Å². The Balaban J connectivity index is 1.26. The van der Waals surface area contributed by atoms with Crippen LogP contribution in [0.1, 0.15) is 19.3 Å². The molecule has 4 N–H and O–H groups in total. The van der Waals surface area contributed by atoms with Crippen molar-refractivity contribution in [3.63, 3.8) is 0 Å². The van der Waals surface area contributed by atoms with E-state index in [1.54, 1.807) is 0 Å². The molecule has 1 spiro atoms. The molecule has 4 heterocycles. The highest BCUT2D eigenvalue weighted by Gasteiger charge is 2.44. The summed E-state index contributed by atoms with van der Waals surface area (Å²) in [5.41, 5.74) is 3.10. The number of hydrogen-bond donors (Lipinski definition) is 4. The van der Waals surface area contributed by atoms with Crippen molar-refractivity contribution in [3.8, 4) is 11.4 Å². The fourth-order valence-electron chi connectivity index (χ4n) is 4.95. The Morgan fingerprint density at radius 2 is 1.76 bits per heavy atom. The van der Waals surface area contributed by atoms with Crippen molar-refractivity contribution in [2.45, 2.75) is 31.0 Å². The number of aromatic amines is 1. The van der Waals surface area contributed by atoms with Crippen molar-refractivity contribution in [2.75, 3.05) is 23.3 Å². The number of nitrogens with zero attached hydrogens (tertiary/aromatic N) is 4. The molecule has 9 heteroatoms. The molecule has 2 aromatic heterocycles. The Labute approximate surface area is 195 Å². The van der Waals surface area contributed by atoms with E-state index < -0.39 is 0 Å². The zero-order chi connectivity index (χ0) is 23.1. The molecular formula is C25H25N7O2. The summed E-state index contributed by atoms with van der Waals surface area (Å²) in [7, 11) is 0. The number of rotatable bonds is 4. The first-order valence-electron chi connectivity index (χ1n) is 11.5. The predicted octanol–water partition coefficient (Wildman–Crippen LogP) is 2.77. The van der Waals surface area contributed by atoms with E-state index in [-0.39, 0.29) is 17.3 Å². The van der Waals surface area contributed by atoms with Gasteiger partial charge in [-0.3, -0.25) is 10.1 Å². The third kappa shape index (κ3) is 3.78. The average molecular weight is 456 g/mol. The highest BCUT2D eigenvalue weighted by Crippen LogP contribution is 2.36. The van der Waals surface area contributed by atoms with Crippen LogP contribution in [0.2, 0.25) is 0 Å². The van der Waals surface area contributed by atoms with Gasteiger partial charge in [0.15, 0.2) is 5.82 Å². The Kier molecular flexibility index (Phi) is 5.00. The van der Waals surface area contributed by atoms with Gasteiger partial charge < -0.3 is 15.3 Å². The zero-order valence-corrected chi connectivity index (χ0v) is 18.5. The number of piperidine rings is 1. The zero-order valence-electron chi connectivity index (χ0n) is 18.5. The van der Waals surface area contributed by atoms with Crippen LogP contribution in [0, 0.1) is 0 Å².